The van der Waals surface area contributed by atoms with Crippen LogP contribution in [0.2, 0.25) is 0 Å². The normalized spacial score (nSPS) is 11.1. The van der Waals surface area contributed by atoms with Crippen LogP contribution in [-0.2, 0) is 5.16 Å². The van der Waals surface area contributed by atoms with Gasteiger partial charge in [0.15, 0.2) is 0 Å². The summed E-state index contributed by atoms with van der Waals surface area (Å²) in [5, 5.41) is 0.781. The Hall–Kier alpha value is -4.81. The van der Waals surface area contributed by atoms with Crippen LogP contribution in [-0.4, -0.2) is 40.1 Å². The molecule has 0 fully saturated rings. The molecule has 1 aromatic heterocycles. The summed E-state index contributed by atoms with van der Waals surface area (Å²) in [6.07, 6.45) is 12.7. The van der Waals surface area contributed by atoms with Crippen LogP contribution >= 0.6 is 0 Å². The van der Waals surface area contributed by atoms with E-state index in [1.807, 2.05) is 48.9 Å². The number of rotatable bonds is 17. The molecule has 0 aliphatic rings. The Bertz CT molecular complexity index is 1720. The Balaban J connectivity index is 0.000000299. The fraction of sp³-hybridized carbons (Fsp3) is 0.267. The van der Waals surface area contributed by atoms with E-state index in [9.17, 15) is 0 Å². The maximum Gasteiger partial charge on any atom is 0.127 e. The highest BCUT2D eigenvalue weighted by Crippen LogP contribution is 2.36. The van der Waals surface area contributed by atoms with Crippen LogP contribution in [0.15, 0.2) is 158 Å². The van der Waals surface area contributed by atoms with E-state index in [1.54, 1.807) is 0 Å². The number of benzene rings is 5. The molecule has 258 valence electrons. The largest absolute Gasteiger partial charge is 0.494 e. The zero-order valence-electron chi connectivity index (χ0n) is 30.0. The summed E-state index contributed by atoms with van der Waals surface area (Å²) >= 11 is 0. The summed E-state index contributed by atoms with van der Waals surface area (Å²) in [6, 6.07) is 48.2. The van der Waals surface area contributed by atoms with Gasteiger partial charge < -0.3 is 14.0 Å². The number of imidazole rings is 1. The van der Waals surface area contributed by atoms with Crippen LogP contribution in [0.3, 0.4) is 0 Å². The standard InChI is InChI=1S/C32H38N2O2Si.C13H11B/c1-3-5-10-22-35-29-16-12-14-27(24-29)32(34-21-20-33-26-34,37-31-18-8-7-9-19-31)28-15-13-17-30(25-28)36-23-11-6-4-2;14-13(11-7-3-1-4-8-11)12-9-5-2-6-10-12/h7-9,12-21,24-26H,3-6,10-11,22-23H2,1-2H3;1-10,13H. The Morgan fingerprint density at radius 1 is 0.627 bits per heavy atom. The number of aromatic nitrogens is 2. The van der Waals surface area contributed by atoms with Gasteiger partial charge in [-0.25, -0.2) is 4.98 Å². The Labute approximate surface area is 309 Å². The van der Waals surface area contributed by atoms with Crippen LogP contribution < -0.4 is 14.7 Å². The molecule has 0 aliphatic carbocycles. The Morgan fingerprint density at radius 3 is 1.57 bits per heavy atom. The van der Waals surface area contributed by atoms with Gasteiger partial charge in [-0.05, 0) is 65.2 Å². The van der Waals surface area contributed by atoms with Crippen molar-refractivity contribution in [1.29, 1.82) is 0 Å². The van der Waals surface area contributed by atoms with Gasteiger partial charge in [-0.3, -0.25) is 0 Å². The quantitative estimate of drug-likeness (QED) is 0.0708. The first-order valence-corrected chi connectivity index (χ1v) is 19.3. The van der Waals surface area contributed by atoms with Gasteiger partial charge in [-0.1, -0.05) is 160 Å². The topological polar surface area (TPSA) is 36.3 Å². The highest BCUT2D eigenvalue weighted by atomic mass is 28.2. The average molecular weight is 689 g/mol. The smallest absolute Gasteiger partial charge is 0.127 e. The molecule has 0 bridgehead atoms. The molecule has 0 saturated heterocycles. The molecule has 5 aromatic carbocycles. The van der Waals surface area contributed by atoms with Gasteiger partial charge in [-0.2, -0.15) is 0 Å². The summed E-state index contributed by atoms with van der Waals surface area (Å²) in [5.41, 5.74) is 4.64. The van der Waals surface area contributed by atoms with E-state index in [-0.39, 0.29) is 5.82 Å². The Morgan fingerprint density at radius 2 is 1.12 bits per heavy atom. The first-order valence-electron chi connectivity index (χ1n) is 18.3. The highest BCUT2D eigenvalue weighted by Gasteiger charge is 2.38. The van der Waals surface area contributed by atoms with Gasteiger partial charge in [0.25, 0.3) is 0 Å². The van der Waals surface area contributed by atoms with E-state index in [4.69, 9.17) is 17.3 Å². The molecule has 0 spiro atoms. The number of unbranched alkanes of at least 4 members (excludes halogenated alkanes) is 4. The lowest BCUT2D eigenvalue weighted by molar-refractivity contribution is 0.305. The van der Waals surface area contributed by atoms with Gasteiger partial charge in [-0.15, -0.1) is 0 Å². The van der Waals surface area contributed by atoms with Crippen LogP contribution in [0.5, 0.6) is 11.5 Å². The fourth-order valence-corrected chi connectivity index (χ4v) is 7.72. The van der Waals surface area contributed by atoms with Crippen molar-refractivity contribution in [3.63, 3.8) is 0 Å². The van der Waals surface area contributed by atoms with E-state index in [2.05, 4.69) is 133 Å². The van der Waals surface area contributed by atoms with E-state index >= 15 is 0 Å². The minimum Gasteiger partial charge on any atom is -0.494 e. The van der Waals surface area contributed by atoms with Crippen molar-refractivity contribution >= 4 is 22.6 Å². The zero-order valence-corrected chi connectivity index (χ0v) is 31.0. The van der Waals surface area contributed by atoms with Crippen molar-refractivity contribution in [3.8, 4) is 11.5 Å². The Kier molecular flexibility index (Phi) is 14.8. The minimum atomic E-state index is -0.497. The third kappa shape index (κ3) is 10.6. The van der Waals surface area contributed by atoms with E-state index < -0.39 is 5.16 Å². The maximum atomic E-state index is 6.20. The van der Waals surface area contributed by atoms with Crippen molar-refractivity contribution < 1.29 is 9.47 Å². The molecular weight excluding hydrogens is 639 g/mol. The van der Waals surface area contributed by atoms with Crippen molar-refractivity contribution in [2.24, 2.45) is 0 Å². The summed E-state index contributed by atoms with van der Waals surface area (Å²) < 4.78 is 14.6. The van der Waals surface area contributed by atoms with E-state index in [0.717, 1.165) is 48.7 Å². The molecule has 0 N–H and O–H groups in total. The van der Waals surface area contributed by atoms with Crippen LogP contribution in [0.1, 0.15) is 80.4 Å². The summed E-state index contributed by atoms with van der Waals surface area (Å²) in [6.45, 7) is 5.90. The predicted octanol–water partition coefficient (Wildman–Crippen LogP) is 9.74. The van der Waals surface area contributed by atoms with E-state index in [1.165, 1.54) is 42.0 Å². The molecule has 0 saturated carbocycles. The predicted molar refractivity (Wildman–Crippen MR) is 214 cm³/mol. The SMILES string of the molecule is CCCCCOc1cccc(C([Si]c2ccccc2)(c2cccc(OCCCCC)c2)n2ccnc2)c1.[B]C(c1ccccc1)c1ccccc1. The lowest BCUT2D eigenvalue weighted by atomic mass is 9.76. The molecule has 6 aromatic rings. The van der Waals surface area contributed by atoms with E-state index in [0.29, 0.717) is 9.52 Å². The zero-order chi connectivity index (χ0) is 35.6. The summed E-state index contributed by atoms with van der Waals surface area (Å²) in [5.74, 6) is 1.79. The van der Waals surface area contributed by atoms with Gasteiger partial charge in [0.1, 0.15) is 21.0 Å². The second-order valence-corrected chi connectivity index (χ2v) is 14.2. The average Bonchev–Trinajstić information content (AvgIpc) is 3.74. The molecule has 0 aliphatic heterocycles. The highest BCUT2D eigenvalue weighted by molar-refractivity contribution is 6.57. The molecule has 0 amide bonds. The molecule has 6 heteroatoms. The fourth-order valence-electron chi connectivity index (χ4n) is 6.08. The van der Waals surface area contributed by atoms with Gasteiger partial charge >= 0.3 is 0 Å². The summed E-state index contributed by atoms with van der Waals surface area (Å²) in [7, 11) is 6.54. The molecule has 6 rings (SSSR count). The van der Waals surface area contributed by atoms with Gasteiger partial charge in [0, 0.05) is 12.4 Å². The lowest BCUT2D eigenvalue weighted by Gasteiger charge is -2.37. The first-order chi connectivity index (χ1) is 25.1. The lowest BCUT2D eigenvalue weighted by Crippen LogP contribution is -2.46. The van der Waals surface area contributed by atoms with Crippen molar-refractivity contribution in [2.75, 3.05) is 13.2 Å². The number of ether oxygens (including phenoxy) is 2. The molecule has 4 nitrogen and oxygen atoms in total. The maximum absolute atomic E-state index is 6.20. The van der Waals surface area contributed by atoms with Crippen molar-refractivity contribution in [3.05, 3.63) is 181 Å². The molecule has 0 unspecified atom stereocenters. The summed E-state index contributed by atoms with van der Waals surface area (Å²) in [4.78, 5) is 4.47. The van der Waals surface area contributed by atoms with Crippen LogP contribution in [0.4, 0.5) is 0 Å². The first kappa shape index (κ1) is 37.4. The number of nitrogens with zero attached hydrogens (tertiary/aromatic N) is 2. The molecule has 1 heterocycles. The third-order valence-corrected chi connectivity index (χ3v) is 10.7. The van der Waals surface area contributed by atoms with Crippen LogP contribution in [0, 0.1) is 0 Å². The van der Waals surface area contributed by atoms with Crippen molar-refractivity contribution in [2.45, 2.75) is 63.4 Å². The van der Waals surface area contributed by atoms with Crippen LogP contribution in [0.25, 0.3) is 0 Å². The molecule has 4 radical (unpaired) electrons. The van der Waals surface area contributed by atoms with Gasteiger partial charge in [0.05, 0.1) is 32.5 Å². The number of hydrogen-bond donors (Lipinski definition) is 0. The second-order valence-electron chi connectivity index (χ2n) is 12.6. The second kappa shape index (κ2) is 20.1. The van der Waals surface area contributed by atoms with Gasteiger partial charge in [0.2, 0.25) is 0 Å². The monoisotopic (exact) mass is 688 g/mol. The molecule has 0 atom stereocenters. The molecular formula is C45H49BN2O2Si. The van der Waals surface area contributed by atoms with Crippen molar-refractivity contribution in [1.82, 2.24) is 9.55 Å². The number of hydrogen-bond acceptors (Lipinski definition) is 3. The minimum absolute atomic E-state index is 0.0163. The third-order valence-electron chi connectivity index (χ3n) is 8.84. The molecule has 51 heavy (non-hydrogen) atoms.